The Kier molecular flexibility index (Phi) is 4.83. The third-order valence-corrected chi connectivity index (χ3v) is 2.24. The first-order valence-electron chi connectivity index (χ1n) is 4.69. The minimum Gasteiger partial charge on any atom is -0.370 e. The lowest BCUT2D eigenvalue weighted by atomic mass is 10.2. The van der Waals surface area contributed by atoms with Crippen molar-refractivity contribution in [2.24, 2.45) is 0 Å². The predicted molar refractivity (Wildman–Crippen MR) is 60.0 cm³/mol. The number of pyridine rings is 1. The number of unbranched alkanes of at least 4 members (excludes halogenated alkanes) is 2. The predicted octanol–water partition coefficient (Wildman–Crippen LogP) is 3.45. The molecular formula is C10H15BrN2. The Balaban J connectivity index is 2.28. The SMILES string of the molecule is CCCCCNc1cccc(Br)n1. The van der Waals surface area contributed by atoms with E-state index in [0.717, 1.165) is 17.0 Å². The number of nitrogens with zero attached hydrogens (tertiary/aromatic N) is 1. The maximum absolute atomic E-state index is 4.28. The first kappa shape index (κ1) is 10.5. The van der Waals surface area contributed by atoms with Gasteiger partial charge in [0, 0.05) is 6.54 Å². The van der Waals surface area contributed by atoms with E-state index < -0.39 is 0 Å². The van der Waals surface area contributed by atoms with Gasteiger partial charge in [-0.3, -0.25) is 0 Å². The lowest BCUT2D eigenvalue weighted by Crippen LogP contribution is -2.02. The van der Waals surface area contributed by atoms with Gasteiger partial charge in [-0.1, -0.05) is 25.8 Å². The molecule has 1 aromatic heterocycles. The molecule has 2 nitrogen and oxygen atoms in total. The fraction of sp³-hybridized carbons (Fsp3) is 0.500. The van der Waals surface area contributed by atoms with Crippen molar-refractivity contribution in [1.82, 2.24) is 4.98 Å². The molecule has 0 saturated heterocycles. The van der Waals surface area contributed by atoms with Crippen LogP contribution in [0, 0.1) is 0 Å². The highest BCUT2D eigenvalue weighted by Crippen LogP contribution is 2.09. The summed E-state index contributed by atoms with van der Waals surface area (Å²) >= 11 is 3.33. The van der Waals surface area contributed by atoms with Gasteiger partial charge in [0.15, 0.2) is 0 Å². The van der Waals surface area contributed by atoms with E-state index in [4.69, 9.17) is 0 Å². The van der Waals surface area contributed by atoms with Gasteiger partial charge in [0.1, 0.15) is 10.4 Å². The maximum atomic E-state index is 4.28. The Morgan fingerprint density at radius 2 is 2.23 bits per heavy atom. The molecule has 0 fully saturated rings. The third-order valence-electron chi connectivity index (χ3n) is 1.80. The van der Waals surface area contributed by atoms with E-state index >= 15 is 0 Å². The van der Waals surface area contributed by atoms with Crippen LogP contribution in [-0.2, 0) is 0 Å². The Bertz CT molecular complexity index is 250. The molecule has 1 aromatic rings. The highest BCUT2D eigenvalue weighted by Gasteiger charge is 1.93. The van der Waals surface area contributed by atoms with Gasteiger partial charge in [-0.15, -0.1) is 0 Å². The van der Waals surface area contributed by atoms with E-state index in [9.17, 15) is 0 Å². The fourth-order valence-electron chi connectivity index (χ4n) is 1.10. The van der Waals surface area contributed by atoms with Crippen LogP contribution >= 0.6 is 15.9 Å². The van der Waals surface area contributed by atoms with Crippen LogP contribution in [0.3, 0.4) is 0 Å². The highest BCUT2D eigenvalue weighted by molar-refractivity contribution is 9.10. The van der Waals surface area contributed by atoms with Gasteiger partial charge < -0.3 is 5.32 Å². The zero-order valence-corrected chi connectivity index (χ0v) is 9.47. The molecule has 0 atom stereocenters. The van der Waals surface area contributed by atoms with Crippen LogP contribution < -0.4 is 5.32 Å². The van der Waals surface area contributed by atoms with Crippen molar-refractivity contribution < 1.29 is 0 Å². The fourth-order valence-corrected chi connectivity index (χ4v) is 1.44. The molecule has 1 rings (SSSR count). The summed E-state index contributed by atoms with van der Waals surface area (Å²) in [5, 5.41) is 3.28. The van der Waals surface area contributed by atoms with Crippen molar-refractivity contribution in [2.75, 3.05) is 11.9 Å². The minimum absolute atomic E-state index is 0.882. The van der Waals surface area contributed by atoms with Gasteiger partial charge in [0.05, 0.1) is 0 Å². The largest absolute Gasteiger partial charge is 0.370 e. The zero-order valence-electron chi connectivity index (χ0n) is 7.89. The Morgan fingerprint density at radius 3 is 2.92 bits per heavy atom. The van der Waals surface area contributed by atoms with Crippen LogP contribution in [0.4, 0.5) is 5.82 Å². The van der Waals surface area contributed by atoms with E-state index in [1.54, 1.807) is 0 Å². The van der Waals surface area contributed by atoms with E-state index in [1.165, 1.54) is 19.3 Å². The number of aromatic nitrogens is 1. The molecule has 0 aromatic carbocycles. The lowest BCUT2D eigenvalue weighted by Gasteiger charge is -2.04. The van der Waals surface area contributed by atoms with Gasteiger partial charge in [-0.05, 0) is 34.5 Å². The van der Waals surface area contributed by atoms with E-state index in [1.807, 2.05) is 18.2 Å². The summed E-state index contributed by atoms with van der Waals surface area (Å²) in [6.07, 6.45) is 3.75. The van der Waals surface area contributed by atoms with Crippen LogP contribution in [0.1, 0.15) is 26.2 Å². The molecule has 0 unspecified atom stereocenters. The monoisotopic (exact) mass is 242 g/mol. The molecule has 0 bridgehead atoms. The summed E-state index contributed by atoms with van der Waals surface area (Å²) in [5.74, 6) is 0.950. The van der Waals surface area contributed by atoms with Gasteiger partial charge in [-0.25, -0.2) is 4.98 Å². The Hall–Kier alpha value is -0.570. The molecule has 0 radical (unpaired) electrons. The molecule has 3 heteroatoms. The average molecular weight is 243 g/mol. The van der Waals surface area contributed by atoms with Crippen LogP contribution in [-0.4, -0.2) is 11.5 Å². The lowest BCUT2D eigenvalue weighted by molar-refractivity contribution is 0.742. The molecule has 0 aliphatic rings. The Labute approximate surface area is 87.9 Å². The molecule has 0 aliphatic heterocycles. The van der Waals surface area contributed by atoms with E-state index in [-0.39, 0.29) is 0 Å². The second-order valence-corrected chi connectivity index (χ2v) is 3.79. The van der Waals surface area contributed by atoms with Crippen LogP contribution in [0.5, 0.6) is 0 Å². The first-order valence-corrected chi connectivity index (χ1v) is 5.48. The number of nitrogens with one attached hydrogen (secondary N) is 1. The second kappa shape index (κ2) is 5.97. The van der Waals surface area contributed by atoms with Crippen molar-refractivity contribution in [1.29, 1.82) is 0 Å². The minimum atomic E-state index is 0.882. The summed E-state index contributed by atoms with van der Waals surface area (Å²) < 4.78 is 0.882. The topological polar surface area (TPSA) is 24.9 Å². The van der Waals surface area contributed by atoms with E-state index in [0.29, 0.717) is 0 Å². The molecule has 13 heavy (non-hydrogen) atoms. The van der Waals surface area contributed by atoms with Crippen molar-refractivity contribution in [3.8, 4) is 0 Å². The summed E-state index contributed by atoms with van der Waals surface area (Å²) in [5.41, 5.74) is 0. The normalized spacial score (nSPS) is 10.0. The number of hydrogen-bond acceptors (Lipinski definition) is 2. The van der Waals surface area contributed by atoms with Gasteiger partial charge in [0.2, 0.25) is 0 Å². The molecule has 0 aliphatic carbocycles. The van der Waals surface area contributed by atoms with Crippen molar-refractivity contribution in [3.63, 3.8) is 0 Å². The maximum Gasteiger partial charge on any atom is 0.127 e. The summed E-state index contributed by atoms with van der Waals surface area (Å²) in [6, 6.07) is 5.90. The molecule has 1 N–H and O–H groups in total. The number of rotatable bonds is 5. The van der Waals surface area contributed by atoms with Gasteiger partial charge in [0.25, 0.3) is 0 Å². The summed E-state index contributed by atoms with van der Waals surface area (Å²) in [4.78, 5) is 4.28. The third kappa shape index (κ3) is 4.27. The number of hydrogen-bond donors (Lipinski definition) is 1. The molecule has 0 saturated carbocycles. The van der Waals surface area contributed by atoms with Gasteiger partial charge in [-0.2, -0.15) is 0 Å². The smallest absolute Gasteiger partial charge is 0.127 e. The summed E-state index contributed by atoms with van der Waals surface area (Å²) in [6.45, 7) is 3.22. The van der Waals surface area contributed by atoms with Crippen molar-refractivity contribution in [3.05, 3.63) is 22.8 Å². The summed E-state index contributed by atoms with van der Waals surface area (Å²) in [7, 11) is 0. The van der Waals surface area contributed by atoms with Crippen molar-refractivity contribution >= 4 is 21.7 Å². The van der Waals surface area contributed by atoms with Crippen molar-refractivity contribution in [2.45, 2.75) is 26.2 Å². The molecule has 72 valence electrons. The standard InChI is InChI=1S/C10H15BrN2/c1-2-3-4-8-12-10-7-5-6-9(11)13-10/h5-7H,2-4,8H2,1H3,(H,12,13). The number of halogens is 1. The molecule has 0 amide bonds. The zero-order chi connectivity index (χ0) is 9.52. The Morgan fingerprint density at radius 1 is 1.38 bits per heavy atom. The second-order valence-electron chi connectivity index (χ2n) is 2.98. The molecular weight excluding hydrogens is 228 g/mol. The van der Waals surface area contributed by atoms with Crippen LogP contribution in [0.25, 0.3) is 0 Å². The van der Waals surface area contributed by atoms with Gasteiger partial charge >= 0.3 is 0 Å². The molecule has 0 spiro atoms. The average Bonchev–Trinajstić information content (AvgIpc) is 2.13. The quantitative estimate of drug-likeness (QED) is 0.632. The van der Waals surface area contributed by atoms with Crippen LogP contribution in [0.15, 0.2) is 22.8 Å². The number of anilines is 1. The van der Waals surface area contributed by atoms with Crippen LogP contribution in [0.2, 0.25) is 0 Å². The first-order chi connectivity index (χ1) is 6.33. The molecule has 1 heterocycles. The highest BCUT2D eigenvalue weighted by atomic mass is 79.9. The van der Waals surface area contributed by atoms with E-state index in [2.05, 4.69) is 33.2 Å².